The Labute approximate surface area is 131 Å². The van der Waals surface area contributed by atoms with Gasteiger partial charge in [0, 0.05) is 29.4 Å². The maximum Gasteiger partial charge on any atom is 0.133 e. The molecule has 1 unspecified atom stereocenters. The van der Waals surface area contributed by atoms with Gasteiger partial charge in [-0.25, -0.2) is 9.97 Å². The average molecular weight is 304 g/mol. The molecule has 1 aromatic carbocycles. The van der Waals surface area contributed by atoms with E-state index in [4.69, 9.17) is 11.6 Å². The lowest BCUT2D eigenvalue weighted by molar-refractivity contribution is 0.659. The quantitative estimate of drug-likeness (QED) is 0.916. The minimum absolute atomic E-state index is 0.416. The second-order valence-electron chi connectivity index (χ2n) is 5.49. The van der Waals surface area contributed by atoms with Crippen LogP contribution >= 0.6 is 11.6 Å². The molecule has 0 amide bonds. The number of hydrogen-bond acceptors (Lipinski definition) is 3. The summed E-state index contributed by atoms with van der Waals surface area (Å²) in [6.07, 6.45) is 0.736. The van der Waals surface area contributed by atoms with Crippen molar-refractivity contribution in [3.05, 3.63) is 57.6 Å². The van der Waals surface area contributed by atoms with E-state index in [0.29, 0.717) is 5.92 Å². The normalized spacial score (nSPS) is 12.4. The Morgan fingerprint density at radius 1 is 1.10 bits per heavy atom. The molecule has 2 aromatic rings. The van der Waals surface area contributed by atoms with Crippen molar-refractivity contribution in [2.24, 2.45) is 0 Å². The summed E-state index contributed by atoms with van der Waals surface area (Å²) < 4.78 is 0. The van der Waals surface area contributed by atoms with E-state index in [9.17, 15) is 0 Å². The number of rotatable bonds is 5. The van der Waals surface area contributed by atoms with Gasteiger partial charge in [-0.3, -0.25) is 0 Å². The Kier molecular flexibility index (Phi) is 5.32. The topological polar surface area (TPSA) is 37.8 Å². The first kappa shape index (κ1) is 15.9. The molecule has 1 heterocycles. The Morgan fingerprint density at radius 2 is 1.67 bits per heavy atom. The van der Waals surface area contributed by atoms with Crippen molar-refractivity contribution in [2.75, 3.05) is 13.6 Å². The molecule has 1 aromatic heterocycles. The molecule has 1 atom stereocenters. The Balaban J connectivity index is 2.25. The van der Waals surface area contributed by atoms with Gasteiger partial charge in [0.25, 0.3) is 0 Å². The highest BCUT2D eigenvalue weighted by Gasteiger charge is 2.14. The second-order valence-corrected chi connectivity index (χ2v) is 5.92. The van der Waals surface area contributed by atoms with Gasteiger partial charge in [0.15, 0.2) is 0 Å². The van der Waals surface area contributed by atoms with Crippen LogP contribution in [0.15, 0.2) is 24.3 Å². The summed E-state index contributed by atoms with van der Waals surface area (Å²) in [5, 5.41) is 3.97. The third-order valence-corrected chi connectivity index (χ3v) is 3.90. The average Bonchev–Trinajstić information content (AvgIpc) is 2.41. The van der Waals surface area contributed by atoms with Crippen molar-refractivity contribution in [1.82, 2.24) is 15.3 Å². The monoisotopic (exact) mass is 303 g/mol. The predicted molar refractivity (Wildman–Crippen MR) is 88.1 cm³/mol. The highest BCUT2D eigenvalue weighted by molar-refractivity contribution is 6.30. The highest BCUT2D eigenvalue weighted by atomic mass is 35.5. The summed E-state index contributed by atoms with van der Waals surface area (Å²) in [7, 11) is 1.97. The highest BCUT2D eigenvalue weighted by Crippen LogP contribution is 2.21. The van der Waals surface area contributed by atoms with E-state index in [1.165, 1.54) is 11.1 Å². The molecule has 112 valence electrons. The molecular formula is C17H22ClN3. The van der Waals surface area contributed by atoms with Gasteiger partial charge in [0.05, 0.1) is 0 Å². The van der Waals surface area contributed by atoms with E-state index in [-0.39, 0.29) is 0 Å². The van der Waals surface area contributed by atoms with E-state index in [0.717, 1.165) is 35.2 Å². The van der Waals surface area contributed by atoms with Gasteiger partial charge in [-0.2, -0.15) is 0 Å². The first-order valence-electron chi connectivity index (χ1n) is 7.24. The van der Waals surface area contributed by atoms with Crippen LogP contribution in [0.1, 0.15) is 41.2 Å². The molecule has 4 heteroatoms. The predicted octanol–water partition coefficient (Wildman–Crippen LogP) is 3.66. The zero-order valence-corrected chi connectivity index (χ0v) is 13.8. The van der Waals surface area contributed by atoms with E-state index in [1.807, 2.05) is 31.3 Å². The van der Waals surface area contributed by atoms with Crippen molar-refractivity contribution < 1.29 is 0 Å². The molecule has 0 saturated carbocycles. The molecule has 0 aliphatic heterocycles. The Hall–Kier alpha value is -1.45. The van der Waals surface area contributed by atoms with E-state index in [2.05, 4.69) is 36.1 Å². The fourth-order valence-corrected chi connectivity index (χ4v) is 2.91. The van der Waals surface area contributed by atoms with Crippen molar-refractivity contribution in [3.63, 3.8) is 0 Å². The molecule has 2 rings (SSSR count). The Morgan fingerprint density at radius 3 is 2.19 bits per heavy atom. The van der Waals surface area contributed by atoms with Crippen LogP contribution in [0.25, 0.3) is 0 Å². The fraction of sp³-hybridized carbons (Fsp3) is 0.412. The molecule has 0 radical (unpaired) electrons. The van der Waals surface area contributed by atoms with Crippen molar-refractivity contribution in [1.29, 1.82) is 0 Å². The van der Waals surface area contributed by atoms with Crippen LogP contribution in [-0.2, 0) is 6.42 Å². The van der Waals surface area contributed by atoms with E-state index >= 15 is 0 Å². The van der Waals surface area contributed by atoms with Gasteiger partial charge in [-0.1, -0.05) is 30.7 Å². The molecule has 0 aliphatic carbocycles. The molecular weight excluding hydrogens is 282 g/mol. The van der Waals surface area contributed by atoms with Gasteiger partial charge in [-0.15, -0.1) is 0 Å². The summed E-state index contributed by atoms with van der Waals surface area (Å²) in [6.45, 7) is 7.28. The van der Waals surface area contributed by atoms with Crippen LogP contribution in [0.4, 0.5) is 0 Å². The van der Waals surface area contributed by atoms with Gasteiger partial charge in [0.2, 0.25) is 0 Å². The molecule has 1 N–H and O–H groups in total. The fourth-order valence-electron chi connectivity index (χ4n) is 2.78. The van der Waals surface area contributed by atoms with Crippen LogP contribution in [0.2, 0.25) is 5.02 Å². The van der Waals surface area contributed by atoms with Crippen LogP contribution in [0.3, 0.4) is 0 Å². The first-order valence-corrected chi connectivity index (χ1v) is 7.62. The molecule has 3 nitrogen and oxygen atoms in total. The standard InChI is InChI=1S/C17H22ClN3/c1-11(10-19-4)17-12(2)20-16(21-13(17)3)9-14-5-7-15(18)8-6-14/h5-8,11,19H,9-10H2,1-4H3. The summed E-state index contributed by atoms with van der Waals surface area (Å²) in [4.78, 5) is 9.37. The van der Waals surface area contributed by atoms with Crippen LogP contribution in [-0.4, -0.2) is 23.6 Å². The molecule has 21 heavy (non-hydrogen) atoms. The minimum Gasteiger partial charge on any atom is -0.319 e. The molecule has 0 saturated heterocycles. The number of likely N-dealkylation sites (N-methyl/N-ethyl adjacent to an activating group) is 1. The number of nitrogens with one attached hydrogen (secondary N) is 1. The zero-order valence-electron chi connectivity index (χ0n) is 13.1. The molecule has 0 fully saturated rings. The third-order valence-electron chi connectivity index (χ3n) is 3.65. The van der Waals surface area contributed by atoms with Gasteiger partial charge < -0.3 is 5.32 Å². The molecule has 0 spiro atoms. The smallest absolute Gasteiger partial charge is 0.133 e. The summed E-state index contributed by atoms with van der Waals surface area (Å²) >= 11 is 5.91. The summed E-state index contributed by atoms with van der Waals surface area (Å²) in [6, 6.07) is 7.85. The van der Waals surface area contributed by atoms with Crippen LogP contribution < -0.4 is 5.32 Å². The largest absolute Gasteiger partial charge is 0.319 e. The minimum atomic E-state index is 0.416. The van der Waals surface area contributed by atoms with Crippen molar-refractivity contribution in [3.8, 4) is 0 Å². The second kappa shape index (κ2) is 7.01. The molecule has 0 bridgehead atoms. The third kappa shape index (κ3) is 4.02. The van der Waals surface area contributed by atoms with Crippen molar-refractivity contribution >= 4 is 11.6 Å². The zero-order chi connectivity index (χ0) is 15.4. The lowest BCUT2D eigenvalue weighted by Gasteiger charge is -2.17. The van der Waals surface area contributed by atoms with E-state index in [1.54, 1.807) is 0 Å². The molecule has 0 aliphatic rings. The van der Waals surface area contributed by atoms with E-state index < -0.39 is 0 Å². The number of aryl methyl sites for hydroxylation is 2. The Bertz CT molecular complexity index is 585. The number of nitrogens with zero attached hydrogens (tertiary/aromatic N) is 2. The maximum absolute atomic E-state index is 5.91. The number of aromatic nitrogens is 2. The number of halogens is 1. The number of benzene rings is 1. The van der Waals surface area contributed by atoms with Gasteiger partial charge >= 0.3 is 0 Å². The number of hydrogen-bond donors (Lipinski definition) is 1. The lowest BCUT2D eigenvalue weighted by Crippen LogP contribution is -2.18. The van der Waals surface area contributed by atoms with Crippen LogP contribution in [0.5, 0.6) is 0 Å². The van der Waals surface area contributed by atoms with Gasteiger partial charge in [0.1, 0.15) is 5.82 Å². The first-order chi connectivity index (χ1) is 10.0. The SMILES string of the molecule is CNCC(C)c1c(C)nc(Cc2ccc(Cl)cc2)nc1C. The van der Waals surface area contributed by atoms with Crippen molar-refractivity contribution in [2.45, 2.75) is 33.1 Å². The summed E-state index contributed by atoms with van der Waals surface area (Å²) in [5.74, 6) is 1.28. The van der Waals surface area contributed by atoms with Crippen LogP contribution in [0, 0.1) is 13.8 Å². The van der Waals surface area contributed by atoms with Gasteiger partial charge in [-0.05, 0) is 50.1 Å². The maximum atomic E-state index is 5.91. The lowest BCUT2D eigenvalue weighted by atomic mass is 9.98. The summed E-state index contributed by atoms with van der Waals surface area (Å²) in [5.41, 5.74) is 4.59.